The second-order valence-electron chi connectivity index (χ2n) is 5.47. The Hall–Kier alpha value is -1.49. The Labute approximate surface area is 130 Å². The Bertz CT molecular complexity index is 944. The third-order valence-corrected chi connectivity index (χ3v) is 4.71. The molecule has 0 amide bonds. The second kappa shape index (κ2) is 4.25. The third-order valence-electron chi connectivity index (χ3n) is 3.99. The molecular formula is C17H15IN2. The number of H-pyrrole nitrogens is 2. The molecule has 2 heterocycles. The van der Waals surface area contributed by atoms with Crippen molar-refractivity contribution in [3.63, 3.8) is 0 Å². The highest BCUT2D eigenvalue weighted by Gasteiger charge is 2.12. The summed E-state index contributed by atoms with van der Waals surface area (Å²) in [6.45, 7) is 4.35. The molecule has 2 nitrogen and oxygen atoms in total. The van der Waals surface area contributed by atoms with E-state index in [2.05, 4.69) is 82.8 Å². The maximum atomic E-state index is 3.57. The lowest BCUT2D eigenvalue weighted by Crippen LogP contribution is -1.82. The van der Waals surface area contributed by atoms with E-state index in [0.717, 1.165) is 0 Å². The first kappa shape index (κ1) is 12.3. The van der Waals surface area contributed by atoms with Crippen molar-refractivity contribution in [1.82, 2.24) is 9.97 Å². The van der Waals surface area contributed by atoms with E-state index in [9.17, 15) is 0 Å². The predicted octanol–water partition coefficient (Wildman–Crippen LogP) is 5.61. The number of hydrogen-bond acceptors (Lipinski definition) is 0. The highest BCUT2D eigenvalue weighted by atomic mass is 127. The van der Waals surface area contributed by atoms with E-state index in [4.69, 9.17) is 0 Å². The zero-order valence-electron chi connectivity index (χ0n) is 11.4. The molecule has 0 aliphatic rings. The Kier molecular flexibility index (Phi) is 2.61. The van der Waals surface area contributed by atoms with Gasteiger partial charge in [-0.25, -0.2) is 0 Å². The quantitative estimate of drug-likeness (QED) is 0.321. The Morgan fingerprint density at radius 3 is 2.45 bits per heavy atom. The molecule has 1 atom stereocenters. The fourth-order valence-corrected chi connectivity index (χ4v) is 3.29. The highest BCUT2D eigenvalue weighted by Crippen LogP contribution is 2.34. The Morgan fingerprint density at radius 2 is 1.65 bits per heavy atom. The minimum Gasteiger partial charge on any atom is -0.353 e. The number of hydrogen-bond donors (Lipinski definition) is 2. The van der Waals surface area contributed by atoms with Crippen LogP contribution >= 0.6 is 22.6 Å². The average molecular weight is 374 g/mol. The first-order valence-corrected chi connectivity index (χ1v) is 8.06. The van der Waals surface area contributed by atoms with E-state index < -0.39 is 0 Å². The largest absolute Gasteiger partial charge is 0.353 e. The van der Waals surface area contributed by atoms with E-state index in [-0.39, 0.29) is 0 Å². The average Bonchev–Trinajstić information content (AvgIpc) is 2.93. The van der Waals surface area contributed by atoms with Gasteiger partial charge in [-0.05, 0) is 43.2 Å². The maximum absolute atomic E-state index is 3.57. The number of fused-ring (bicyclic) bond motifs is 5. The molecule has 20 heavy (non-hydrogen) atoms. The van der Waals surface area contributed by atoms with E-state index in [1.54, 1.807) is 0 Å². The minimum atomic E-state index is 0.522. The molecule has 4 aromatic rings. The summed E-state index contributed by atoms with van der Waals surface area (Å²) in [5, 5.41) is 2.56. The number of nitrogens with one attached hydrogen (secondary N) is 2. The van der Waals surface area contributed by atoms with Crippen molar-refractivity contribution in [2.75, 3.05) is 0 Å². The molecule has 2 aromatic carbocycles. The van der Waals surface area contributed by atoms with Crippen LogP contribution in [-0.2, 0) is 0 Å². The molecule has 0 aliphatic heterocycles. The normalized spacial score (nSPS) is 13.6. The first-order chi connectivity index (χ1) is 9.63. The number of alkyl halides is 1. The summed E-state index contributed by atoms with van der Waals surface area (Å²) < 4.78 is 0.522. The zero-order chi connectivity index (χ0) is 13.9. The molecular weight excluding hydrogens is 359 g/mol. The van der Waals surface area contributed by atoms with Crippen LogP contribution < -0.4 is 0 Å². The van der Waals surface area contributed by atoms with Crippen LogP contribution in [0.25, 0.3) is 32.8 Å². The molecule has 1 unspecified atom stereocenters. The molecule has 4 rings (SSSR count). The van der Waals surface area contributed by atoms with Gasteiger partial charge in [0.2, 0.25) is 0 Å². The van der Waals surface area contributed by atoms with Gasteiger partial charge in [-0.15, -0.1) is 0 Å². The second-order valence-corrected chi connectivity index (χ2v) is 7.34. The van der Waals surface area contributed by atoms with Crippen molar-refractivity contribution >= 4 is 55.4 Å². The molecule has 0 aliphatic carbocycles. The van der Waals surface area contributed by atoms with Crippen LogP contribution in [0.3, 0.4) is 0 Å². The summed E-state index contributed by atoms with van der Waals surface area (Å²) in [4.78, 5) is 7.13. The number of halogens is 1. The number of aryl methyl sites for hydroxylation is 1. The van der Waals surface area contributed by atoms with Gasteiger partial charge in [-0.3, -0.25) is 0 Å². The van der Waals surface area contributed by atoms with Crippen molar-refractivity contribution < 1.29 is 0 Å². The number of aromatic amines is 2. The summed E-state index contributed by atoms with van der Waals surface area (Å²) in [5.74, 6) is 0. The maximum Gasteiger partial charge on any atom is 0.0725 e. The smallest absolute Gasteiger partial charge is 0.0725 e. The van der Waals surface area contributed by atoms with Gasteiger partial charge in [0.25, 0.3) is 0 Å². The highest BCUT2D eigenvalue weighted by molar-refractivity contribution is 14.1. The van der Waals surface area contributed by atoms with Gasteiger partial charge >= 0.3 is 0 Å². The molecule has 0 bridgehead atoms. The van der Waals surface area contributed by atoms with E-state index >= 15 is 0 Å². The fraction of sp³-hybridized carbons (Fsp3) is 0.176. The van der Waals surface area contributed by atoms with Crippen LogP contribution in [-0.4, -0.2) is 9.97 Å². The van der Waals surface area contributed by atoms with Gasteiger partial charge in [-0.1, -0.05) is 40.8 Å². The van der Waals surface area contributed by atoms with Gasteiger partial charge in [0.05, 0.1) is 11.0 Å². The van der Waals surface area contributed by atoms with Gasteiger partial charge in [0, 0.05) is 25.7 Å². The molecule has 0 spiro atoms. The van der Waals surface area contributed by atoms with Crippen LogP contribution in [0, 0.1) is 6.92 Å². The van der Waals surface area contributed by atoms with E-state index in [1.165, 1.54) is 44.0 Å². The van der Waals surface area contributed by atoms with Gasteiger partial charge in [0.15, 0.2) is 0 Å². The number of benzene rings is 2. The van der Waals surface area contributed by atoms with Gasteiger partial charge in [0.1, 0.15) is 0 Å². The molecule has 0 saturated heterocycles. The SMILES string of the molecule is Cc1ccc2c(c1)[nH]c1c3cc(C(C)I)ccc3[nH]c21. The lowest BCUT2D eigenvalue weighted by Gasteiger charge is -2.03. The molecule has 0 saturated carbocycles. The minimum absolute atomic E-state index is 0.522. The van der Waals surface area contributed by atoms with Gasteiger partial charge < -0.3 is 9.97 Å². The van der Waals surface area contributed by atoms with Crippen LogP contribution in [0.4, 0.5) is 0 Å². The van der Waals surface area contributed by atoms with Crippen LogP contribution in [0.5, 0.6) is 0 Å². The lowest BCUT2D eigenvalue weighted by atomic mass is 10.1. The van der Waals surface area contributed by atoms with Crippen molar-refractivity contribution in [3.05, 3.63) is 47.5 Å². The molecule has 0 fully saturated rings. The summed E-state index contributed by atoms with van der Waals surface area (Å²) in [5.41, 5.74) is 7.50. The predicted molar refractivity (Wildman–Crippen MR) is 94.8 cm³/mol. The molecule has 100 valence electrons. The van der Waals surface area contributed by atoms with Gasteiger partial charge in [-0.2, -0.15) is 0 Å². The summed E-state index contributed by atoms with van der Waals surface area (Å²) >= 11 is 2.46. The Morgan fingerprint density at radius 1 is 0.900 bits per heavy atom. The molecule has 2 aromatic heterocycles. The van der Waals surface area contributed by atoms with Crippen molar-refractivity contribution in [1.29, 1.82) is 0 Å². The topological polar surface area (TPSA) is 31.6 Å². The van der Waals surface area contributed by atoms with Crippen LogP contribution in [0.2, 0.25) is 0 Å². The van der Waals surface area contributed by atoms with Crippen molar-refractivity contribution in [2.24, 2.45) is 0 Å². The van der Waals surface area contributed by atoms with Crippen LogP contribution in [0.15, 0.2) is 36.4 Å². The number of rotatable bonds is 1. The standard InChI is InChI=1S/C17H15IN2/c1-9-3-5-12-15(7-9)20-17-13-8-11(10(2)18)4-6-14(13)19-16(12)17/h3-8,10,19-20H,1-2H3. The molecule has 3 heteroatoms. The fourth-order valence-electron chi connectivity index (χ4n) is 2.90. The third kappa shape index (κ3) is 1.69. The van der Waals surface area contributed by atoms with Crippen molar-refractivity contribution in [3.8, 4) is 0 Å². The number of aromatic nitrogens is 2. The zero-order valence-corrected chi connectivity index (χ0v) is 13.6. The molecule has 0 radical (unpaired) electrons. The van der Waals surface area contributed by atoms with Crippen LogP contribution in [0.1, 0.15) is 22.0 Å². The van der Waals surface area contributed by atoms with E-state index in [0.29, 0.717) is 3.92 Å². The Balaban J connectivity index is 2.13. The lowest BCUT2D eigenvalue weighted by molar-refractivity contribution is 1.15. The molecule has 2 N–H and O–H groups in total. The first-order valence-electron chi connectivity index (χ1n) is 6.81. The summed E-state index contributed by atoms with van der Waals surface area (Å²) in [7, 11) is 0. The van der Waals surface area contributed by atoms with Crippen molar-refractivity contribution in [2.45, 2.75) is 17.8 Å². The summed E-state index contributed by atoms with van der Waals surface area (Å²) in [6, 6.07) is 13.3. The van der Waals surface area contributed by atoms with E-state index in [1.807, 2.05) is 0 Å². The monoisotopic (exact) mass is 374 g/mol. The summed E-state index contributed by atoms with van der Waals surface area (Å²) in [6.07, 6.45) is 0.